The Labute approximate surface area is 119 Å². The lowest BCUT2D eigenvalue weighted by Gasteiger charge is -2.34. The molecular weight excluding hydrogens is 263 g/mol. The average Bonchev–Trinajstić information content (AvgIpc) is 2.35. The molecule has 106 valence electrons. The second-order valence-electron chi connectivity index (χ2n) is 5.71. The molecule has 0 amide bonds. The van der Waals surface area contributed by atoms with Crippen molar-refractivity contribution in [1.82, 2.24) is 4.90 Å². The molecule has 0 aliphatic carbocycles. The number of nitrogens with zero attached hydrogens (tertiary/aromatic N) is 1. The molecule has 0 unspecified atom stereocenters. The van der Waals surface area contributed by atoms with Gasteiger partial charge in [0, 0.05) is 25.7 Å². The van der Waals surface area contributed by atoms with E-state index in [9.17, 15) is 4.39 Å². The summed E-state index contributed by atoms with van der Waals surface area (Å²) < 4.78 is 13.7. The predicted octanol–water partition coefficient (Wildman–Crippen LogP) is 4.01. The molecule has 0 atom stereocenters. The molecule has 1 saturated heterocycles. The number of piperidine rings is 1. The largest absolute Gasteiger partial charge is 0.379 e. The van der Waals surface area contributed by atoms with E-state index in [1.807, 2.05) is 0 Å². The summed E-state index contributed by atoms with van der Waals surface area (Å²) in [5, 5.41) is 3.72. The van der Waals surface area contributed by atoms with Gasteiger partial charge in [-0.1, -0.05) is 31.5 Å². The van der Waals surface area contributed by atoms with Crippen molar-refractivity contribution < 1.29 is 4.39 Å². The van der Waals surface area contributed by atoms with Crippen LogP contribution in [-0.2, 0) is 0 Å². The van der Waals surface area contributed by atoms with Crippen LogP contribution in [0.25, 0.3) is 0 Å². The molecule has 1 aliphatic heterocycles. The number of anilines is 1. The highest BCUT2D eigenvalue weighted by atomic mass is 35.5. The zero-order valence-electron chi connectivity index (χ0n) is 11.6. The van der Waals surface area contributed by atoms with Gasteiger partial charge in [-0.15, -0.1) is 0 Å². The van der Waals surface area contributed by atoms with Gasteiger partial charge in [-0.25, -0.2) is 4.39 Å². The lowest BCUT2D eigenvalue weighted by Crippen LogP contribution is -2.40. The van der Waals surface area contributed by atoms with Crippen molar-refractivity contribution in [2.45, 2.75) is 32.7 Å². The highest BCUT2D eigenvalue weighted by Gasteiger charge is 2.21. The van der Waals surface area contributed by atoms with E-state index < -0.39 is 0 Å². The van der Waals surface area contributed by atoms with Crippen LogP contribution < -0.4 is 5.32 Å². The van der Waals surface area contributed by atoms with Crippen molar-refractivity contribution in [2.75, 3.05) is 25.0 Å². The van der Waals surface area contributed by atoms with Crippen LogP contribution in [0.15, 0.2) is 18.2 Å². The Balaban J connectivity index is 1.89. The van der Waals surface area contributed by atoms with Crippen molar-refractivity contribution in [3.05, 3.63) is 29.0 Å². The van der Waals surface area contributed by atoms with E-state index in [4.69, 9.17) is 11.6 Å². The minimum atomic E-state index is -0.267. The number of likely N-dealkylation sites (tertiary alicyclic amines) is 1. The number of hydrogen-bond donors (Lipinski definition) is 1. The fourth-order valence-electron chi connectivity index (χ4n) is 2.62. The number of nitrogens with one attached hydrogen (secondary N) is 1. The molecule has 1 heterocycles. The van der Waals surface area contributed by atoms with E-state index >= 15 is 0 Å². The highest BCUT2D eigenvalue weighted by molar-refractivity contribution is 6.33. The first-order chi connectivity index (χ1) is 9.06. The molecule has 1 fully saturated rings. The van der Waals surface area contributed by atoms with Crippen molar-refractivity contribution in [3.63, 3.8) is 0 Å². The second kappa shape index (κ2) is 6.58. The molecule has 19 heavy (non-hydrogen) atoms. The standard InChI is InChI=1S/C15H22ClFN2/c1-11(2)10-19-8-6-12(7-9-19)18-15-13(16)4-3-5-14(15)17/h3-5,11-12,18H,6-10H2,1-2H3. The van der Waals surface area contributed by atoms with E-state index in [1.54, 1.807) is 12.1 Å². The van der Waals surface area contributed by atoms with E-state index in [-0.39, 0.29) is 5.82 Å². The van der Waals surface area contributed by atoms with E-state index in [1.165, 1.54) is 6.07 Å². The zero-order valence-corrected chi connectivity index (χ0v) is 12.4. The fourth-order valence-corrected chi connectivity index (χ4v) is 2.83. The van der Waals surface area contributed by atoms with E-state index in [0.29, 0.717) is 22.7 Å². The molecule has 4 heteroatoms. The van der Waals surface area contributed by atoms with Gasteiger partial charge in [0.25, 0.3) is 0 Å². The van der Waals surface area contributed by atoms with Gasteiger partial charge in [-0.05, 0) is 30.9 Å². The maximum absolute atomic E-state index is 13.7. The number of rotatable bonds is 4. The summed E-state index contributed by atoms with van der Waals surface area (Å²) in [6, 6.07) is 5.12. The Bertz CT molecular complexity index is 394. The Morgan fingerprint density at radius 2 is 2.05 bits per heavy atom. The monoisotopic (exact) mass is 284 g/mol. The summed E-state index contributed by atoms with van der Waals surface area (Å²) in [4.78, 5) is 2.48. The van der Waals surface area contributed by atoms with Gasteiger partial charge in [-0.2, -0.15) is 0 Å². The minimum Gasteiger partial charge on any atom is -0.379 e. The normalized spacial score (nSPS) is 17.9. The first-order valence-corrected chi connectivity index (χ1v) is 7.37. The summed E-state index contributed by atoms with van der Waals surface area (Å²) in [6.45, 7) is 7.77. The molecule has 1 aromatic carbocycles. The maximum Gasteiger partial charge on any atom is 0.147 e. The lowest BCUT2D eigenvalue weighted by atomic mass is 10.0. The SMILES string of the molecule is CC(C)CN1CCC(Nc2c(F)cccc2Cl)CC1. The number of hydrogen-bond acceptors (Lipinski definition) is 2. The summed E-state index contributed by atoms with van der Waals surface area (Å²) in [5.74, 6) is 0.433. The van der Waals surface area contributed by atoms with Crippen molar-refractivity contribution in [3.8, 4) is 0 Å². The molecule has 2 nitrogen and oxygen atoms in total. The third kappa shape index (κ3) is 4.08. The van der Waals surface area contributed by atoms with Crippen LogP contribution in [-0.4, -0.2) is 30.6 Å². The molecule has 2 rings (SSSR count). The van der Waals surface area contributed by atoms with Crippen LogP contribution >= 0.6 is 11.6 Å². The van der Waals surface area contributed by atoms with Crippen LogP contribution in [0.1, 0.15) is 26.7 Å². The molecule has 1 aliphatic rings. The molecular formula is C15H22ClFN2. The number of para-hydroxylation sites is 1. The Morgan fingerprint density at radius 1 is 1.37 bits per heavy atom. The summed E-state index contributed by atoms with van der Waals surface area (Å²) in [5.41, 5.74) is 0.450. The molecule has 0 bridgehead atoms. The summed E-state index contributed by atoms with van der Waals surface area (Å²) >= 11 is 6.03. The van der Waals surface area contributed by atoms with Crippen LogP contribution in [0.3, 0.4) is 0 Å². The third-order valence-corrected chi connectivity index (χ3v) is 3.84. The molecule has 0 radical (unpaired) electrons. The fraction of sp³-hybridized carbons (Fsp3) is 0.600. The molecule has 1 N–H and O–H groups in total. The van der Waals surface area contributed by atoms with Gasteiger partial charge in [0.1, 0.15) is 5.82 Å². The summed E-state index contributed by atoms with van der Waals surface area (Å²) in [6.07, 6.45) is 2.08. The Morgan fingerprint density at radius 3 is 2.63 bits per heavy atom. The minimum absolute atomic E-state index is 0.267. The quantitative estimate of drug-likeness (QED) is 0.899. The summed E-state index contributed by atoms with van der Waals surface area (Å²) in [7, 11) is 0. The van der Waals surface area contributed by atoms with Crippen LogP contribution in [0.5, 0.6) is 0 Å². The van der Waals surface area contributed by atoms with Crippen LogP contribution in [0.2, 0.25) is 5.02 Å². The molecule has 1 aromatic rings. The van der Waals surface area contributed by atoms with Crippen LogP contribution in [0, 0.1) is 11.7 Å². The van der Waals surface area contributed by atoms with Gasteiger partial charge < -0.3 is 10.2 Å². The van der Waals surface area contributed by atoms with Crippen molar-refractivity contribution in [2.24, 2.45) is 5.92 Å². The molecule has 0 spiro atoms. The topological polar surface area (TPSA) is 15.3 Å². The van der Waals surface area contributed by atoms with Crippen molar-refractivity contribution >= 4 is 17.3 Å². The third-order valence-electron chi connectivity index (χ3n) is 3.52. The number of benzene rings is 1. The average molecular weight is 285 g/mol. The van der Waals surface area contributed by atoms with Crippen molar-refractivity contribution in [1.29, 1.82) is 0 Å². The molecule has 0 saturated carbocycles. The predicted molar refractivity (Wildman–Crippen MR) is 79.3 cm³/mol. The van der Waals surface area contributed by atoms with Gasteiger partial charge in [0.2, 0.25) is 0 Å². The first kappa shape index (κ1) is 14.6. The Hall–Kier alpha value is -0.800. The lowest BCUT2D eigenvalue weighted by molar-refractivity contribution is 0.198. The zero-order chi connectivity index (χ0) is 13.8. The second-order valence-corrected chi connectivity index (χ2v) is 6.12. The maximum atomic E-state index is 13.7. The van der Waals surface area contributed by atoms with Crippen LogP contribution in [0.4, 0.5) is 10.1 Å². The van der Waals surface area contributed by atoms with Gasteiger partial charge in [0.05, 0.1) is 10.7 Å². The highest BCUT2D eigenvalue weighted by Crippen LogP contribution is 2.27. The molecule has 0 aromatic heterocycles. The van der Waals surface area contributed by atoms with E-state index in [0.717, 1.165) is 32.5 Å². The van der Waals surface area contributed by atoms with Gasteiger partial charge in [0.15, 0.2) is 0 Å². The smallest absolute Gasteiger partial charge is 0.147 e. The van der Waals surface area contributed by atoms with E-state index in [2.05, 4.69) is 24.1 Å². The van der Waals surface area contributed by atoms with Gasteiger partial charge in [-0.3, -0.25) is 0 Å². The first-order valence-electron chi connectivity index (χ1n) is 6.99. The Kier molecular flexibility index (Phi) is 5.06. The van der Waals surface area contributed by atoms with Gasteiger partial charge >= 0.3 is 0 Å². The number of halogens is 2.